The van der Waals surface area contributed by atoms with Crippen molar-refractivity contribution in [2.24, 2.45) is 17.8 Å². The average molecular weight is 847 g/mol. The number of aliphatic carboxylic acids is 3. The van der Waals surface area contributed by atoms with Crippen LogP contribution in [-0.4, -0.2) is 108 Å². The zero-order chi connectivity index (χ0) is 45.0. The van der Waals surface area contributed by atoms with Crippen LogP contribution in [0, 0.1) is 17.8 Å². The maximum absolute atomic E-state index is 11.3. The third kappa shape index (κ3) is 30.7. The minimum Gasteiger partial charge on any atom is -0.549 e. The number of Topliss-reactive ketones (excluding diaryl/α,β-unsaturated/α-hetero) is 3. The maximum Gasteiger partial charge on any atom is 3.00 e. The predicted molar refractivity (Wildman–Crippen MR) is 214 cm³/mol. The molecular formula is C42H75AlO15. The van der Waals surface area contributed by atoms with Crippen molar-refractivity contribution in [2.75, 3.05) is 0 Å². The van der Waals surface area contributed by atoms with Gasteiger partial charge in [-0.3, -0.25) is 14.4 Å². The van der Waals surface area contributed by atoms with Crippen LogP contribution >= 0.6 is 0 Å². The Balaban J connectivity index is -0.000000374. The van der Waals surface area contributed by atoms with Crippen LogP contribution in [0.25, 0.3) is 0 Å². The summed E-state index contributed by atoms with van der Waals surface area (Å²) in [6, 6.07) is 0. The van der Waals surface area contributed by atoms with Crippen LogP contribution < -0.4 is 15.3 Å². The first kappa shape index (κ1) is 62.4. The van der Waals surface area contributed by atoms with E-state index in [9.17, 15) is 44.1 Å². The number of carboxylic acids is 3. The summed E-state index contributed by atoms with van der Waals surface area (Å²) in [4.78, 5) is 66.7. The fourth-order valence-electron chi connectivity index (χ4n) is 4.42. The molecule has 0 saturated carbocycles. The van der Waals surface area contributed by atoms with Gasteiger partial charge in [-0.1, -0.05) is 41.5 Å². The van der Waals surface area contributed by atoms with E-state index >= 15 is 0 Å². The molecule has 0 amide bonds. The second-order valence-corrected chi connectivity index (χ2v) is 14.6. The SMILES string of the molecule is CCC(C)OC(CC(C(C)=O)C(=O)[O-])OC(C)CC.CCC(C)OC(CC(C(C)=O)C(=O)[O-])OC(C)CC.CCC(C)OC(CC(C(C)=O)C(=O)[O-])OC(C)CC.[Al+3]. The van der Waals surface area contributed by atoms with Crippen molar-refractivity contribution in [1.82, 2.24) is 0 Å². The van der Waals surface area contributed by atoms with Crippen LogP contribution in [0.15, 0.2) is 0 Å². The van der Waals surface area contributed by atoms with Gasteiger partial charge in [0.2, 0.25) is 0 Å². The molecule has 0 aromatic rings. The number of ketones is 3. The first-order valence-electron chi connectivity index (χ1n) is 20.5. The zero-order valence-electron chi connectivity index (χ0n) is 38.0. The number of ether oxygens (including phenoxy) is 6. The van der Waals surface area contributed by atoms with Gasteiger partial charge in [-0.2, -0.15) is 0 Å². The predicted octanol–water partition coefficient (Wildman–Crippen LogP) is 3.48. The maximum atomic E-state index is 11.3. The Morgan fingerprint density at radius 3 is 0.586 bits per heavy atom. The summed E-state index contributed by atoms with van der Waals surface area (Å²) in [5.74, 6) is -9.00. The molecule has 0 heterocycles. The summed E-state index contributed by atoms with van der Waals surface area (Å²) in [7, 11) is 0. The van der Waals surface area contributed by atoms with Crippen molar-refractivity contribution < 1.29 is 72.5 Å². The van der Waals surface area contributed by atoms with Crippen molar-refractivity contribution in [3.8, 4) is 0 Å². The quantitative estimate of drug-likeness (QED) is 0.0573. The van der Waals surface area contributed by atoms with E-state index in [2.05, 4.69) is 0 Å². The molecule has 0 aliphatic carbocycles. The van der Waals surface area contributed by atoms with Gasteiger partial charge >= 0.3 is 17.4 Å². The second kappa shape index (κ2) is 35.5. The molecule has 0 aliphatic rings. The van der Waals surface area contributed by atoms with Gasteiger partial charge in [0.25, 0.3) is 0 Å². The summed E-state index contributed by atoms with van der Waals surface area (Å²) in [6.45, 7) is 26.8. The van der Waals surface area contributed by atoms with Gasteiger partial charge in [0.05, 0.1) is 72.3 Å². The Labute approximate surface area is 359 Å². The molecule has 0 bridgehead atoms. The van der Waals surface area contributed by atoms with Gasteiger partial charge in [0.15, 0.2) is 18.9 Å². The number of carboxylic acid groups (broad SMARTS) is 3. The Kier molecular flexibility index (Phi) is 38.1. The first-order chi connectivity index (χ1) is 26.4. The molecule has 16 heteroatoms. The molecule has 0 aromatic carbocycles. The van der Waals surface area contributed by atoms with Crippen molar-refractivity contribution >= 4 is 52.6 Å². The molecule has 0 N–H and O–H groups in total. The van der Waals surface area contributed by atoms with Gasteiger partial charge < -0.3 is 58.1 Å². The topological polar surface area (TPSA) is 227 Å². The van der Waals surface area contributed by atoms with E-state index in [1.165, 1.54) is 20.8 Å². The van der Waals surface area contributed by atoms with E-state index in [0.717, 1.165) is 38.5 Å². The van der Waals surface area contributed by atoms with Gasteiger partial charge in [-0.25, -0.2) is 0 Å². The van der Waals surface area contributed by atoms with Crippen LogP contribution in [-0.2, 0) is 57.2 Å². The minimum absolute atomic E-state index is 0. The molecule has 58 heavy (non-hydrogen) atoms. The zero-order valence-corrected chi connectivity index (χ0v) is 39.1. The van der Waals surface area contributed by atoms with Gasteiger partial charge in [0, 0.05) is 19.3 Å². The normalized spacial score (nSPS) is 17.2. The minimum atomic E-state index is -1.38. The third-order valence-corrected chi connectivity index (χ3v) is 9.36. The van der Waals surface area contributed by atoms with E-state index in [1.54, 1.807) is 0 Å². The Bertz CT molecular complexity index is 936. The van der Waals surface area contributed by atoms with Crippen LogP contribution in [0.1, 0.15) is 162 Å². The van der Waals surface area contributed by atoms with Crippen molar-refractivity contribution in [2.45, 2.75) is 217 Å². The summed E-state index contributed by atoms with van der Waals surface area (Å²) >= 11 is 0. The molecule has 0 aliphatic heterocycles. The van der Waals surface area contributed by atoms with Gasteiger partial charge in [-0.15, -0.1) is 0 Å². The summed E-state index contributed by atoms with van der Waals surface area (Å²) in [5, 5.41) is 32.8. The Morgan fingerprint density at radius 2 is 0.500 bits per heavy atom. The standard InChI is InChI=1S/3C14H26O5.Al/c3*1-6-9(3)18-13(19-10(4)7-2)8-12(11(5)15)14(16)17;/h3*9-10,12-13H,6-8H2,1-5H3,(H,16,17);/q;;;+3/p-3. The number of rotatable bonds is 30. The van der Waals surface area contributed by atoms with Crippen molar-refractivity contribution in [3.05, 3.63) is 0 Å². The smallest absolute Gasteiger partial charge is 0.549 e. The fourth-order valence-corrected chi connectivity index (χ4v) is 4.42. The van der Waals surface area contributed by atoms with Crippen molar-refractivity contribution in [1.29, 1.82) is 0 Å². The van der Waals surface area contributed by atoms with E-state index in [4.69, 9.17) is 28.4 Å². The molecule has 0 aromatic heterocycles. The summed E-state index contributed by atoms with van der Waals surface area (Å²) in [6.07, 6.45) is 2.30. The number of carbonyl (C=O) groups is 6. The van der Waals surface area contributed by atoms with E-state index in [-0.39, 0.29) is 73.2 Å². The fraction of sp³-hybridized carbons (Fsp3) is 0.857. The largest absolute Gasteiger partial charge is 3.00 e. The van der Waals surface area contributed by atoms with Crippen LogP contribution in [0.5, 0.6) is 0 Å². The molecule has 0 radical (unpaired) electrons. The number of carbonyl (C=O) groups excluding carboxylic acids is 6. The van der Waals surface area contributed by atoms with E-state index in [0.29, 0.717) is 0 Å². The molecule has 336 valence electrons. The number of hydrogen-bond acceptors (Lipinski definition) is 15. The molecule has 9 atom stereocenters. The molecule has 0 spiro atoms. The molecule has 15 nitrogen and oxygen atoms in total. The Hall–Kier alpha value is -2.29. The van der Waals surface area contributed by atoms with Crippen molar-refractivity contribution in [3.63, 3.8) is 0 Å². The molecule has 0 saturated heterocycles. The molecule has 9 unspecified atom stereocenters. The van der Waals surface area contributed by atoms with Crippen LogP contribution in [0.4, 0.5) is 0 Å². The Morgan fingerprint density at radius 1 is 0.362 bits per heavy atom. The van der Waals surface area contributed by atoms with Crippen LogP contribution in [0.3, 0.4) is 0 Å². The molecular weight excluding hydrogens is 771 g/mol. The monoisotopic (exact) mass is 846 g/mol. The average Bonchev–Trinajstić information content (AvgIpc) is 3.13. The second-order valence-electron chi connectivity index (χ2n) is 14.6. The van der Waals surface area contributed by atoms with Gasteiger partial charge in [-0.05, 0) is 101 Å². The van der Waals surface area contributed by atoms with Crippen LogP contribution in [0.2, 0.25) is 0 Å². The number of hydrogen-bond donors (Lipinski definition) is 0. The third-order valence-electron chi connectivity index (χ3n) is 9.36. The molecule has 0 rings (SSSR count). The van der Waals surface area contributed by atoms with Gasteiger partial charge in [0.1, 0.15) is 17.3 Å². The first-order valence-corrected chi connectivity index (χ1v) is 20.5. The summed E-state index contributed by atoms with van der Waals surface area (Å²) in [5.41, 5.74) is 0. The summed E-state index contributed by atoms with van der Waals surface area (Å²) < 4.78 is 33.8. The van der Waals surface area contributed by atoms with E-state index < -0.39 is 71.9 Å². The van der Waals surface area contributed by atoms with E-state index in [1.807, 2.05) is 83.1 Å². The molecule has 0 fully saturated rings.